The average Bonchev–Trinajstić information content (AvgIpc) is 2.46. The highest BCUT2D eigenvalue weighted by atomic mass is 79.9. The Hall–Kier alpha value is -1.46. The van der Waals surface area contributed by atoms with Crippen LogP contribution in [0.2, 0.25) is 0 Å². The Bertz CT molecular complexity index is 450. The molecule has 4 nitrogen and oxygen atoms in total. The van der Waals surface area contributed by atoms with Crippen molar-refractivity contribution in [2.24, 2.45) is 0 Å². The minimum atomic E-state index is 0.638. The lowest BCUT2D eigenvalue weighted by atomic mass is 10.1. The van der Waals surface area contributed by atoms with Gasteiger partial charge >= 0.3 is 0 Å². The van der Waals surface area contributed by atoms with E-state index in [4.69, 9.17) is 0 Å². The molecule has 0 aliphatic heterocycles. The van der Waals surface area contributed by atoms with Gasteiger partial charge < -0.3 is 10.2 Å². The van der Waals surface area contributed by atoms with E-state index in [0.717, 1.165) is 41.9 Å². The van der Waals surface area contributed by atoms with Crippen LogP contribution in [0, 0.1) is 0 Å². The van der Waals surface area contributed by atoms with Crippen molar-refractivity contribution in [3.63, 3.8) is 0 Å². The first-order valence-electron chi connectivity index (χ1n) is 6.84. The van der Waals surface area contributed by atoms with E-state index in [9.17, 15) is 9.59 Å². The fourth-order valence-electron chi connectivity index (χ4n) is 1.57. The molecule has 0 radical (unpaired) electrons. The molecule has 1 aromatic rings. The third kappa shape index (κ3) is 9.15. The van der Waals surface area contributed by atoms with Crippen LogP contribution in [0.25, 0.3) is 0 Å². The maximum Gasteiger partial charge on any atom is 0.150 e. The molecule has 0 atom stereocenters. The molecular formula is C16H23BrN2O2. The van der Waals surface area contributed by atoms with E-state index < -0.39 is 0 Å². The fourth-order valence-corrected chi connectivity index (χ4v) is 1.98. The zero-order chi connectivity index (χ0) is 16.1. The summed E-state index contributed by atoms with van der Waals surface area (Å²) in [5.41, 5.74) is 4.60. The minimum Gasteiger partial charge on any atom is -0.327 e. The van der Waals surface area contributed by atoms with E-state index in [2.05, 4.69) is 34.9 Å². The van der Waals surface area contributed by atoms with Crippen LogP contribution in [0.1, 0.15) is 42.1 Å². The highest BCUT2D eigenvalue weighted by Crippen LogP contribution is 2.16. The first-order valence-corrected chi connectivity index (χ1v) is 7.63. The van der Waals surface area contributed by atoms with Gasteiger partial charge in [-0.1, -0.05) is 41.9 Å². The second-order valence-corrected chi connectivity index (χ2v) is 5.37. The molecule has 0 unspecified atom stereocenters. The molecule has 0 saturated heterocycles. The van der Waals surface area contributed by atoms with Crippen molar-refractivity contribution in [2.45, 2.75) is 32.7 Å². The summed E-state index contributed by atoms with van der Waals surface area (Å²) in [6.45, 7) is 6.28. The largest absolute Gasteiger partial charge is 0.327 e. The topological polar surface area (TPSA) is 49.4 Å². The van der Waals surface area contributed by atoms with Gasteiger partial charge in [0, 0.05) is 36.2 Å². The molecule has 0 spiro atoms. The Morgan fingerprint density at radius 3 is 2.57 bits per heavy atom. The smallest absolute Gasteiger partial charge is 0.150 e. The molecule has 0 aromatic heterocycles. The van der Waals surface area contributed by atoms with Gasteiger partial charge in [0.1, 0.15) is 12.6 Å². The number of rotatable bonds is 8. The second kappa shape index (κ2) is 12.3. The normalized spacial score (nSPS) is 9.52. The monoisotopic (exact) mass is 354 g/mol. The van der Waals surface area contributed by atoms with Crippen LogP contribution in [-0.2, 0) is 11.3 Å². The number of halogens is 1. The molecule has 0 aliphatic carbocycles. The first-order chi connectivity index (χ1) is 10.1. The van der Waals surface area contributed by atoms with Gasteiger partial charge in [-0.25, -0.2) is 5.01 Å². The van der Waals surface area contributed by atoms with E-state index >= 15 is 0 Å². The van der Waals surface area contributed by atoms with Gasteiger partial charge in [0.25, 0.3) is 0 Å². The Morgan fingerprint density at radius 1 is 1.38 bits per heavy atom. The number of carbonyl (C=O) groups excluding carboxylic acids is 2. The lowest BCUT2D eigenvalue weighted by Crippen LogP contribution is -2.29. The number of benzene rings is 1. The third-order valence-corrected chi connectivity index (χ3v) is 3.12. The molecule has 0 amide bonds. The number of carbonyl (C=O) groups is 2. The molecule has 5 heteroatoms. The van der Waals surface area contributed by atoms with Crippen LogP contribution >= 0.6 is 15.9 Å². The first kappa shape index (κ1) is 19.5. The second-order valence-electron chi connectivity index (χ2n) is 4.46. The number of aldehydes is 2. The Morgan fingerprint density at radius 2 is 2.10 bits per heavy atom. The van der Waals surface area contributed by atoms with Gasteiger partial charge in [-0.05, 0) is 24.1 Å². The third-order valence-electron chi connectivity index (χ3n) is 2.63. The predicted molar refractivity (Wildman–Crippen MR) is 89.9 cm³/mol. The van der Waals surface area contributed by atoms with E-state index in [1.54, 1.807) is 12.3 Å². The fraction of sp³-hybridized carbons (Fsp3) is 0.375. The summed E-state index contributed by atoms with van der Waals surface area (Å²) in [4.78, 5) is 20.4. The Labute approximate surface area is 135 Å². The number of nitrogens with one attached hydrogen (secondary N) is 1. The van der Waals surface area contributed by atoms with Crippen molar-refractivity contribution in [3.8, 4) is 0 Å². The summed E-state index contributed by atoms with van der Waals surface area (Å²) in [7, 11) is 1.89. The molecule has 0 heterocycles. The average molecular weight is 355 g/mol. The van der Waals surface area contributed by atoms with E-state index in [1.165, 1.54) is 0 Å². The van der Waals surface area contributed by atoms with Crippen molar-refractivity contribution < 1.29 is 9.59 Å². The summed E-state index contributed by atoms with van der Waals surface area (Å²) in [5.74, 6) is 0. The maximum atomic E-state index is 10.8. The number of hydrazine groups is 1. The van der Waals surface area contributed by atoms with Gasteiger partial charge in [-0.2, -0.15) is 0 Å². The molecule has 1 aromatic carbocycles. The molecular weight excluding hydrogens is 332 g/mol. The van der Waals surface area contributed by atoms with E-state index in [0.29, 0.717) is 12.1 Å². The molecule has 116 valence electrons. The van der Waals surface area contributed by atoms with Crippen LogP contribution in [-0.4, -0.2) is 24.6 Å². The van der Waals surface area contributed by atoms with Gasteiger partial charge in [-0.15, -0.1) is 0 Å². The highest BCUT2D eigenvalue weighted by molar-refractivity contribution is 9.10. The van der Waals surface area contributed by atoms with Crippen LogP contribution in [0.3, 0.4) is 0 Å². The van der Waals surface area contributed by atoms with Crippen molar-refractivity contribution in [1.29, 1.82) is 0 Å². The molecule has 0 bridgehead atoms. The zero-order valence-electron chi connectivity index (χ0n) is 12.6. The molecule has 0 aliphatic rings. The minimum absolute atomic E-state index is 0.638. The molecule has 21 heavy (non-hydrogen) atoms. The summed E-state index contributed by atoms with van der Waals surface area (Å²) in [5, 5.41) is 1.85. The summed E-state index contributed by atoms with van der Waals surface area (Å²) in [6, 6.07) is 5.59. The predicted octanol–water partition coefficient (Wildman–Crippen LogP) is 3.72. The lowest BCUT2D eigenvalue weighted by molar-refractivity contribution is -0.107. The Kier molecular flexibility index (Phi) is 11.4. The van der Waals surface area contributed by atoms with Crippen LogP contribution in [0.15, 0.2) is 35.5 Å². The van der Waals surface area contributed by atoms with Crippen LogP contribution in [0.5, 0.6) is 0 Å². The SMILES string of the molecule is C=CNN(C)Cc1cc(Br)ccc1C=O.CCCCC=O. The highest BCUT2D eigenvalue weighted by Gasteiger charge is 2.04. The molecule has 0 saturated carbocycles. The van der Waals surface area contributed by atoms with Gasteiger partial charge in [-0.3, -0.25) is 4.79 Å². The van der Waals surface area contributed by atoms with Crippen molar-refractivity contribution >= 4 is 28.5 Å². The zero-order valence-corrected chi connectivity index (χ0v) is 14.2. The number of nitrogens with zero attached hydrogens (tertiary/aromatic N) is 1. The van der Waals surface area contributed by atoms with Crippen molar-refractivity contribution in [3.05, 3.63) is 46.6 Å². The van der Waals surface area contributed by atoms with E-state index in [1.807, 2.05) is 24.2 Å². The van der Waals surface area contributed by atoms with E-state index in [-0.39, 0.29) is 0 Å². The molecule has 1 rings (SSSR count). The molecule has 1 N–H and O–H groups in total. The quantitative estimate of drug-likeness (QED) is 0.439. The van der Waals surface area contributed by atoms with Gasteiger partial charge in [0.2, 0.25) is 0 Å². The van der Waals surface area contributed by atoms with Crippen molar-refractivity contribution in [1.82, 2.24) is 10.4 Å². The Balaban J connectivity index is 0.000000567. The van der Waals surface area contributed by atoms with Crippen LogP contribution in [0.4, 0.5) is 0 Å². The number of hydrogen-bond acceptors (Lipinski definition) is 4. The summed E-state index contributed by atoms with van der Waals surface area (Å²) >= 11 is 3.38. The number of unbranched alkanes of at least 4 members (excludes halogenated alkanes) is 2. The maximum absolute atomic E-state index is 10.8. The number of hydrogen-bond donors (Lipinski definition) is 1. The van der Waals surface area contributed by atoms with Crippen LogP contribution < -0.4 is 5.43 Å². The summed E-state index contributed by atoms with van der Waals surface area (Å²) < 4.78 is 0.968. The van der Waals surface area contributed by atoms with Gasteiger partial charge in [0.15, 0.2) is 0 Å². The van der Waals surface area contributed by atoms with Crippen molar-refractivity contribution in [2.75, 3.05) is 7.05 Å². The molecule has 0 fully saturated rings. The van der Waals surface area contributed by atoms with Gasteiger partial charge in [0.05, 0.1) is 0 Å². The summed E-state index contributed by atoms with van der Waals surface area (Å²) in [6.07, 6.45) is 6.32. The lowest BCUT2D eigenvalue weighted by Gasteiger charge is -2.17. The standard InChI is InChI=1S/C11H13BrN2O.C5H10O/c1-3-13-14(2)7-10-6-11(12)5-4-9(10)8-15;1-2-3-4-5-6/h3-6,8,13H,1,7H2,2H3;5H,2-4H2,1H3.